The van der Waals surface area contributed by atoms with Gasteiger partial charge >= 0.3 is 0 Å². The molecule has 11 heterocycles. The molecular formula is C79H73F2N15O4. The van der Waals surface area contributed by atoms with E-state index in [2.05, 4.69) is 195 Å². The van der Waals surface area contributed by atoms with E-state index in [1.807, 2.05) is 93.6 Å². The molecule has 6 aromatic carbocycles. The van der Waals surface area contributed by atoms with Crippen molar-refractivity contribution in [3.05, 3.63) is 213 Å². The predicted molar refractivity (Wildman–Crippen MR) is 389 cm³/mol. The number of nitrogens with one attached hydrogen (secondary N) is 4. The molecule has 0 unspecified atom stereocenters. The van der Waals surface area contributed by atoms with Gasteiger partial charge in [-0.3, -0.25) is 9.98 Å². The molecule has 17 rings (SSSR count). The molecule has 16 aromatic rings. The van der Waals surface area contributed by atoms with E-state index in [1.165, 1.54) is 33.5 Å². The summed E-state index contributed by atoms with van der Waals surface area (Å²) in [5.41, 5.74) is 35.1. The highest BCUT2D eigenvalue weighted by Crippen LogP contribution is 2.43. The Kier molecular flexibility index (Phi) is 17.0. The van der Waals surface area contributed by atoms with E-state index < -0.39 is 6.43 Å². The van der Waals surface area contributed by atoms with Crippen molar-refractivity contribution >= 4 is 66.3 Å². The number of alkyl halides is 2. The average molecular weight is 1330 g/mol. The quantitative estimate of drug-likeness (QED) is 0.105. The van der Waals surface area contributed by atoms with E-state index in [1.54, 1.807) is 19.0 Å². The van der Waals surface area contributed by atoms with Crippen molar-refractivity contribution in [2.45, 2.75) is 103 Å². The summed E-state index contributed by atoms with van der Waals surface area (Å²) in [6.45, 7) is 28.5. The smallest absolute Gasteiger partial charge is 0.295 e. The molecule has 1 aliphatic heterocycles. The van der Waals surface area contributed by atoms with Gasteiger partial charge in [0.1, 0.15) is 23.0 Å². The number of pyridine rings is 1. The molecule has 0 radical (unpaired) electrons. The van der Waals surface area contributed by atoms with Gasteiger partial charge in [-0.15, -0.1) is 0 Å². The summed E-state index contributed by atoms with van der Waals surface area (Å²) in [6, 6.07) is 33.5. The molecule has 0 saturated carbocycles. The second-order valence-corrected chi connectivity index (χ2v) is 25.7. The molecule has 0 fully saturated rings. The van der Waals surface area contributed by atoms with E-state index in [0.29, 0.717) is 23.3 Å². The van der Waals surface area contributed by atoms with E-state index in [-0.39, 0.29) is 5.82 Å². The molecule has 10 aromatic heterocycles. The molecule has 502 valence electrons. The average Bonchev–Trinajstić information content (AvgIpc) is 1.44. The van der Waals surface area contributed by atoms with Crippen molar-refractivity contribution in [2.75, 3.05) is 6.54 Å². The third kappa shape index (κ3) is 11.7. The number of hydrogen-bond acceptors (Lipinski definition) is 14. The monoisotopic (exact) mass is 1330 g/mol. The highest BCUT2D eigenvalue weighted by Gasteiger charge is 2.26. The van der Waals surface area contributed by atoms with Crippen molar-refractivity contribution in [2.24, 2.45) is 12.0 Å². The number of aromatic nitrogens is 14. The molecule has 0 atom stereocenters. The van der Waals surface area contributed by atoms with Crippen LogP contribution in [-0.2, 0) is 7.05 Å². The summed E-state index contributed by atoms with van der Waals surface area (Å²) in [5, 5.41) is 17.4. The Hall–Kier alpha value is -12.0. The Bertz CT molecular complexity index is 5800. The number of rotatable bonds is 9. The van der Waals surface area contributed by atoms with Gasteiger partial charge in [-0.2, -0.15) is 0 Å². The first-order valence-corrected chi connectivity index (χ1v) is 32.8. The van der Waals surface area contributed by atoms with Gasteiger partial charge in [0.05, 0.1) is 104 Å². The molecule has 0 bridgehead atoms. The fourth-order valence-corrected chi connectivity index (χ4v) is 14.3. The normalized spacial score (nSPS) is 12.3. The van der Waals surface area contributed by atoms with Crippen molar-refractivity contribution in [3.8, 4) is 78.0 Å². The molecule has 0 saturated heterocycles. The molecular weight excluding hydrogens is 1260 g/mol. The lowest BCUT2D eigenvalue weighted by molar-refractivity contribution is 0.142. The fourth-order valence-electron chi connectivity index (χ4n) is 14.3. The van der Waals surface area contributed by atoms with Gasteiger partial charge in [0, 0.05) is 80.6 Å². The zero-order chi connectivity index (χ0) is 70.1. The van der Waals surface area contributed by atoms with Crippen molar-refractivity contribution in [3.63, 3.8) is 0 Å². The lowest BCUT2D eigenvalue weighted by Crippen LogP contribution is -1.97. The second-order valence-electron chi connectivity index (χ2n) is 25.7. The Morgan fingerprint density at radius 2 is 0.890 bits per heavy atom. The molecule has 0 spiro atoms. The third-order valence-corrected chi connectivity index (χ3v) is 18.8. The van der Waals surface area contributed by atoms with Gasteiger partial charge in [-0.1, -0.05) is 51.0 Å². The first-order valence-electron chi connectivity index (χ1n) is 32.8. The van der Waals surface area contributed by atoms with E-state index in [4.69, 9.17) is 18.1 Å². The Morgan fingerprint density at radius 3 is 1.33 bits per heavy atom. The molecule has 0 amide bonds. The van der Waals surface area contributed by atoms with Crippen molar-refractivity contribution in [1.29, 1.82) is 0 Å². The van der Waals surface area contributed by atoms with Gasteiger partial charge in [-0.25, -0.2) is 28.7 Å². The maximum atomic E-state index is 13.2. The van der Waals surface area contributed by atoms with Crippen LogP contribution in [0.2, 0.25) is 0 Å². The van der Waals surface area contributed by atoms with E-state index >= 15 is 0 Å². The maximum absolute atomic E-state index is 13.2. The number of H-pyrrole nitrogens is 4. The number of aryl methyl sites for hydroxylation is 13. The van der Waals surface area contributed by atoms with Crippen LogP contribution in [0.25, 0.3) is 139 Å². The summed E-state index contributed by atoms with van der Waals surface area (Å²) >= 11 is 0. The first kappa shape index (κ1) is 65.3. The first-order chi connectivity index (χ1) is 48.1. The Labute approximate surface area is 573 Å². The molecule has 19 nitrogen and oxygen atoms in total. The van der Waals surface area contributed by atoms with Crippen LogP contribution in [0, 0.1) is 83.1 Å². The van der Waals surface area contributed by atoms with E-state index in [9.17, 15) is 8.78 Å². The lowest BCUT2D eigenvalue weighted by Gasteiger charge is -2.13. The summed E-state index contributed by atoms with van der Waals surface area (Å²) < 4.78 is 49.9. The SMILES string of the molecule is CC1=NCC(C)=C1c1cc(-c2c(C)noc2C)cc2[nH]c(C(F)F)nc12.Cc1ccc2ncccc2c1-c1cc(-c2c(C)noc2C)cc2[nH]cnc12.Cc1cccc(C)c1-c1cc(-c2c(C)noc2C)cc2[nH]cnc12.Cc1ccn(C)c1-c1cc(-c2c(C)noc2C)cc2[nH]cnc12. The summed E-state index contributed by atoms with van der Waals surface area (Å²) in [5.74, 6) is 2.83. The number of halogens is 2. The maximum Gasteiger partial charge on any atom is 0.295 e. The van der Waals surface area contributed by atoms with Crippen LogP contribution in [-0.4, -0.2) is 82.3 Å². The highest BCUT2D eigenvalue weighted by atomic mass is 19.3. The third-order valence-electron chi connectivity index (χ3n) is 18.8. The zero-order valence-corrected chi connectivity index (χ0v) is 58.2. The van der Waals surface area contributed by atoms with Crippen LogP contribution in [0.4, 0.5) is 8.78 Å². The van der Waals surface area contributed by atoms with Gasteiger partial charge in [0.15, 0.2) is 5.82 Å². The number of aromatic amines is 4. The minimum absolute atomic E-state index is 0.331. The Morgan fingerprint density at radius 1 is 0.440 bits per heavy atom. The zero-order valence-electron chi connectivity index (χ0n) is 58.2. The van der Waals surface area contributed by atoms with Gasteiger partial charge in [0.2, 0.25) is 0 Å². The number of hydrogen-bond donors (Lipinski definition) is 4. The van der Waals surface area contributed by atoms with Crippen LogP contribution in [0.15, 0.2) is 157 Å². The van der Waals surface area contributed by atoms with Crippen LogP contribution in [0.3, 0.4) is 0 Å². The standard InChI is InChI=1S/C22H18N4O.C20H19N3O.C19H18F2N4O.C18H18N4O/c1-12-6-7-18-16(5-4-8-23-18)20(12)17-9-15(10-19-22(17)25-11-24-19)21-13(2)26-27-14(21)3;1-11-6-5-7-12(2)18(11)16-8-15(9-17-20(16)22-10-21-17)19-13(3)23-24-14(19)4;1-8-7-22-9(2)15(8)13-5-12(16-10(3)25-26-11(16)4)6-14-17(13)24-19(23-14)18(20)21;1-10-5-6-22(4)18(10)14-7-13(8-15-17(14)20-9-19-15)16-11(2)21-23-12(16)3/h4-11H,1-3H3,(H,24,25);5-10H,1-4H3,(H,21,22);5-6,18H,7H2,1-4H3,(H,23,24);5-9H,1-4H3,(H,19,20). The minimum atomic E-state index is -2.66. The number of allylic oxidation sites excluding steroid dienone is 1. The Balaban J connectivity index is 0.000000114. The van der Waals surface area contributed by atoms with Gasteiger partial charge in [-0.05, 0) is 225 Å². The molecule has 100 heavy (non-hydrogen) atoms. The predicted octanol–water partition coefficient (Wildman–Crippen LogP) is 19.6. The second kappa shape index (κ2) is 26.1. The number of nitrogens with zero attached hydrogens (tertiary/aromatic N) is 11. The molecule has 1 aliphatic rings. The van der Waals surface area contributed by atoms with Gasteiger partial charge in [0.25, 0.3) is 6.43 Å². The molecule has 4 N–H and O–H groups in total. The van der Waals surface area contributed by atoms with E-state index in [0.717, 1.165) is 173 Å². The van der Waals surface area contributed by atoms with Crippen LogP contribution in [0.5, 0.6) is 0 Å². The lowest BCUT2D eigenvalue weighted by atomic mass is 9.91. The summed E-state index contributed by atoms with van der Waals surface area (Å²) in [7, 11) is 2.06. The number of aliphatic imine (C=N–C) groups is 1. The fraction of sp³-hybridized carbons (Fsp3) is 0.215. The number of fused-ring (bicyclic) bond motifs is 5. The number of benzene rings is 6. The summed E-state index contributed by atoms with van der Waals surface area (Å²) in [6.07, 6.45) is 6.47. The van der Waals surface area contributed by atoms with Crippen molar-refractivity contribution < 1.29 is 26.9 Å². The summed E-state index contributed by atoms with van der Waals surface area (Å²) in [4.78, 5) is 39.3. The topological polar surface area (TPSA) is 249 Å². The minimum Gasteiger partial charge on any atom is -0.361 e. The van der Waals surface area contributed by atoms with Crippen LogP contribution in [0.1, 0.15) is 99.7 Å². The molecule has 0 aliphatic carbocycles. The van der Waals surface area contributed by atoms with Crippen LogP contribution < -0.4 is 0 Å². The number of imidazole rings is 4. The van der Waals surface area contributed by atoms with Crippen LogP contribution >= 0.6 is 0 Å². The highest BCUT2D eigenvalue weighted by molar-refractivity contribution is 6.27. The van der Waals surface area contributed by atoms with Crippen molar-refractivity contribution in [1.82, 2.24) is 70.0 Å². The molecule has 21 heteroatoms. The van der Waals surface area contributed by atoms with Gasteiger partial charge < -0.3 is 42.6 Å². The largest absolute Gasteiger partial charge is 0.361 e.